The van der Waals surface area contributed by atoms with E-state index in [9.17, 15) is 24.3 Å². The van der Waals surface area contributed by atoms with Gasteiger partial charge in [-0.1, -0.05) is 42.5 Å². The summed E-state index contributed by atoms with van der Waals surface area (Å²) in [4.78, 5) is 49.6. The molecule has 0 aliphatic carbocycles. The van der Waals surface area contributed by atoms with Gasteiger partial charge in [-0.25, -0.2) is 14.8 Å². The van der Waals surface area contributed by atoms with E-state index >= 15 is 0 Å². The third-order valence-corrected chi connectivity index (χ3v) is 5.10. The Bertz CT molecular complexity index is 840. The Kier molecular flexibility index (Phi) is 6.83. The molecule has 2 N–H and O–H groups in total. The van der Waals surface area contributed by atoms with Crippen molar-refractivity contribution in [1.82, 2.24) is 15.3 Å². The number of carboxylic acid groups (broad SMARTS) is 1. The number of rotatable bonds is 8. The number of ether oxygens (including phenoxy) is 1. The Balaban J connectivity index is 1.76. The van der Waals surface area contributed by atoms with Crippen molar-refractivity contribution in [3.8, 4) is 0 Å². The standard InChI is InChI=1S/C21H25N3O6/c1-2-30-21(29)15(11-10-14-7-4-3-5-8-14)22-16-13-18(25)23-12-6-9-17(20(27)28)24(23)19(16)26/h3-9,15-17,22H,2,10-13H2,1H3,(H,27,28)/t15-,16+,17+/m1/s1. The van der Waals surface area contributed by atoms with E-state index in [1.54, 1.807) is 13.0 Å². The number of carboxylic acids is 1. The molecule has 0 bridgehead atoms. The maximum atomic E-state index is 13.0. The minimum Gasteiger partial charge on any atom is -0.479 e. The molecule has 2 heterocycles. The van der Waals surface area contributed by atoms with Crippen LogP contribution < -0.4 is 5.32 Å². The number of fused-ring (bicyclic) bond motifs is 1. The number of hydrogen-bond donors (Lipinski definition) is 2. The van der Waals surface area contributed by atoms with E-state index in [0.717, 1.165) is 15.6 Å². The average molecular weight is 415 g/mol. The number of benzene rings is 1. The normalized spacial score (nSPS) is 21.9. The molecule has 160 valence electrons. The van der Waals surface area contributed by atoms with Gasteiger partial charge in [0.25, 0.3) is 5.91 Å². The molecular formula is C21H25N3O6. The number of nitrogens with one attached hydrogen (secondary N) is 1. The second-order valence-corrected chi connectivity index (χ2v) is 7.12. The van der Waals surface area contributed by atoms with Crippen LogP contribution in [-0.2, 0) is 30.3 Å². The van der Waals surface area contributed by atoms with Gasteiger partial charge >= 0.3 is 11.9 Å². The van der Waals surface area contributed by atoms with Crippen LogP contribution in [0.4, 0.5) is 0 Å². The van der Waals surface area contributed by atoms with Gasteiger partial charge in [-0.15, -0.1) is 0 Å². The summed E-state index contributed by atoms with van der Waals surface area (Å²) in [6, 6.07) is 6.50. The highest BCUT2D eigenvalue weighted by atomic mass is 16.5. The topological polar surface area (TPSA) is 116 Å². The zero-order valence-corrected chi connectivity index (χ0v) is 16.7. The Morgan fingerprint density at radius 3 is 2.67 bits per heavy atom. The van der Waals surface area contributed by atoms with Crippen LogP contribution in [0.25, 0.3) is 0 Å². The monoisotopic (exact) mass is 415 g/mol. The van der Waals surface area contributed by atoms with Crippen LogP contribution in [0.2, 0.25) is 0 Å². The Morgan fingerprint density at radius 1 is 1.27 bits per heavy atom. The first kappa shape index (κ1) is 21.5. The highest BCUT2D eigenvalue weighted by Crippen LogP contribution is 2.22. The summed E-state index contributed by atoms with van der Waals surface area (Å²) in [5, 5.41) is 14.5. The van der Waals surface area contributed by atoms with Crippen molar-refractivity contribution >= 4 is 23.8 Å². The van der Waals surface area contributed by atoms with Crippen LogP contribution >= 0.6 is 0 Å². The molecule has 3 atom stereocenters. The van der Waals surface area contributed by atoms with Gasteiger partial charge in [0.05, 0.1) is 25.6 Å². The molecule has 2 aliphatic rings. The maximum Gasteiger partial charge on any atom is 0.332 e. The number of aryl methyl sites for hydroxylation is 1. The van der Waals surface area contributed by atoms with Crippen molar-refractivity contribution in [1.29, 1.82) is 0 Å². The van der Waals surface area contributed by atoms with E-state index < -0.39 is 36.0 Å². The van der Waals surface area contributed by atoms with Crippen LogP contribution in [0, 0.1) is 0 Å². The molecule has 9 heteroatoms. The molecule has 0 aromatic heterocycles. The molecule has 9 nitrogen and oxygen atoms in total. The van der Waals surface area contributed by atoms with Gasteiger partial charge in [0, 0.05) is 0 Å². The van der Waals surface area contributed by atoms with Crippen molar-refractivity contribution in [2.75, 3.05) is 13.2 Å². The highest BCUT2D eigenvalue weighted by Gasteiger charge is 2.46. The molecule has 0 spiro atoms. The SMILES string of the molecule is CCOC(=O)[C@@H](CCc1ccccc1)N[C@H]1CC(=O)N2CC=C[C@@H](C(=O)O)N2C1=O. The van der Waals surface area contributed by atoms with Crippen LogP contribution in [-0.4, -0.2) is 70.2 Å². The molecular weight excluding hydrogens is 390 g/mol. The molecule has 2 amide bonds. The summed E-state index contributed by atoms with van der Waals surface area (Å²) in [5.74, 6) is -2.68. The lowest BCUT2D eigenvalue weighted by atomic mass is 10.0. The lowest BCUT2D eigenvalue weighted by molar-refractivity contribution is -0.182. The number of hydrazine groups is 1. The fraction of sp³-hybridized carbons (Fsp3) is 0.429. The molecule has 0 radical (unpaired) electrons. The van der Waals surface area contributed by atoms with Crippen molar-refractivity contribution < 1.29 is 29.0 Å². The summed E-state index contributed by atoms with van der Waals surface area (Å²) in [5.41, 5.74) is 1.03. The lowest BCUT2D eigenvalue weighted by Crippen LogP contribution is -2.68. The van der Waals surface area contributed by atoms with Gasteiger partial charge in [-0.3, -0.25) is 19.7 Å². The summed E-state index contributed by atoms with van der Waals surface area (Å²) in [7, 11) is 0. The van der Waals surface area contributed by atoms with Gasteiger partial charge in [-0.2, -0.15) is 0 Å². The molecule has 3 rings (SSSR count). The summed E-state index contributed by atoms with van der Waals surface area (Å²) in [6.45, 7) is 2.01. The van der Waals surface area contributed by atoms with Gasteiger partial charge in [0.1, 0.15) is 6.04 Å². The molecule has 2 aliphatic heterocycles. The molecule has 1 aromatic carbocycles. The minimum atomic E-state index is -1.26. The van der Waals surface area contributed by atoms with Crippen molar-refractivity contribution in [3.05, 3.63) is 48.0 Å². The number of carbonyl (C=O) groups excluding carboxylic acids is 3. The first-order chi connectivity index (χ1) is 14.4. The Morgan fingerprint density at radius 2 is 2.00 bits per heavy atom. The third-order valence-electron chi connectivity index (χ3n) is 5.10. The second-order valence-electron chi connectivity index (χ2n) is 7.12. The largest absolute Gasteiger partial charge is 0.479 e. The fourth-order valence-electron chi connectivity index (χ4n) is 3.64. The molecule has 0 unspecified atom stereocenters. The minimum absolute atomic E-state index is 0.135. The van der Waals surface area contributed by atoms with Gasteiger partial charge in [0.15, 0.2) is 6.04 Å². The van der Waals surface area contributed by atoms with Crippen molar-refractivity contribution in [3.63, 3.8) is 0 Å². The number of amides is 2. The molecule has 1 fully saturated rings. The number of esters is 1. The highest BCUT2D eigenvalue weighted by molar-refractivity contribution is 5.97. The maximum absolute atomic E-state index is 13.0. The van der Waals surface area contributed by atoms with E-state index in [2.05, 4.69) is 5.32 Å². The zero-order valence-electron chi connectivity index (χ0n) is 16.7. The smallest absolute Gasteiger partial charge is 0.332 e. The van der Waals surface area contributed by atoms with Gasteiger partial charge in [0.2, 0.25) is 5.91 Å². The number of hydrogen-bond acceptors (Lipinski definition) is 6. The predicted octanol–water partition coefficient (Wildman–Crippen LogP) is 0.508. The summed E-state index contributed by atoms with van der Waals surface area (Å²) in [6.07, 6.45) is 3.71. The lowest BCUT2D eigenvalue weighted by Gasteiger charge is -2.45. The van der Waals surface area contributed by atoms with Crippen molar-refractivity contribution in [2.24, 2.45) is 0 Å². The van der Waals surface area contributed by atoms with Crippen LogP contribution in [0.3, 0.4) is 0 Å². The fourth-order valence-corrected chi connectivity index (χ4v) is 3.64. The molecule has 1 saturated heterocycles. The van der Waals surface area contributed by atoms with E-state index in [-0.39, 0.29) is 25.5 Å². The average Bonchev–Trinajstić information content (AvgIpc) is 2.74. The number of nitrogens with zero attached hydrogens (tertiary/aromatic N) is 2. The Labute approximate surface area is 174 Å². The van der Waals surface area contributed by atoms with Gasteiger partial charge < -0.3 is 9.84 Å². The van der Waals surface area contributed by atoms with Crippen LogP contribution in [0.5, 0.6) is 0 Å². The van der Waals surface area contributed by atoms with E-state index in [1.807, 2.05) is 30.3 Å². The van der Waals surface area contributed by atoms with E-state index in [1.165, 1.54) is 6.08 Å². The van der Waals surface area contributed by atoms with Crippen LogP contribution in [0.1, 0.15) is 25.3 Å². The second kappa shape index (κ2) is 9.53. The van der Waals surface area contributed by atoms with E-state index in [0.29, 0.717) is 12.8 Å². The van der Waals surface area contributed by atoms with Crippen molar-refractivity contribution in [2.45, 2.75) is 44.3 Å². The first-order valence-corrected chi connectivity index (χ1v) is 9.91. The third kappa shape index (κ3) is 4.68. The molecule has 30 heavy (non-hydrogen) atoms. The quantitative estimate of drug-likeness (QED) is 0.469. The first-order valence-electron chi connectivity index (χ1n) is 9.91. The number of carbonyl (C=O) groups is 4. The number of aliphatic carboxylic acids is 1. The van der Waals surface area contributed by atoms with E-state index in [4.69, 9.17) is 4.74 Å². The molecule has 0 saturated carbocycles. The molecule has 1 aromatic rings. The predicted molar refractivity (Wildman–Crippen MR) is 106 cm³/mol. The zero-order chi connectivity index (χ0) is 21.7. The van der Waals surface area contributed by atoms with Crippen LogP contribution in [0.15, 0.2) is 42.5 Å². The summed E-state index contributed by atoms with van der Waals surface area (Å²) >= 11 is 0. The Hall–Kier alpha value is -3.20. The summed E-state index contributed by atoms with van der Waals surface area (Å²) < 4.78 is 5.14. The van der Waals surface area contributed by atoms with Gasteiger partial charge in [-0.05, 0) is 25.3 Å².